The van der Waals surface area contributed by atoms with Crippen molar-refractivity contribution < 1.29 is 27.5 Å². The predicted octanol–water partition coefficient (Wildman–Crippen LogP) is 2.20. The Labute approximate surface area is 136 Å². The van der Waals surface area contributed by atoms with Crippen LogP contribution in [0.4, 0.5) is 23.7 Å². The highest BCUT2D eigenvalue weighted by Crippen LogP contribution is 2.33. The highest BCUT2D eigenvalue weighted by molar-refractivity contribution is 6.15. The van der Waals surface area contributed by atoms with E-state index in [1.807, 2.05) is 0 Å². The van der Waals surface area contributed by atoms with Crippen molar-refractivity contribution in [1.29, 1.82) is 5.41 Å². The van der Waals surface area contributed by atoms with Gasteiger partial charge in [0.1, 0.15) is 5.75 Å². The summed E-state index contributed by atoms with van der Waals surface area (Å²) in [6, 6.07) is 1.81. The smallest absolute Gasteiger partial charge is 0.420 e. The van der Waals surface area contributed by atoms with E-state index in [4.69, 9.17) is 11.1 Å². The summed E-state index contributed by atoms with van der Waals surface area (Å²) >= 11 is 0. The second kappa shape index (κ2) is 7.20. The molecule has 0 saturated carbocycles. The minimum atomic E-state index is -5.16. The number of nitrogens with two attached hydrogens (primary N) is 1. The van der Waals surface area contributed by atoms with Gasteiger partial charge in [-0.3, -0.25) is 5.41 Å². The molecule has 2 amide bonds. The van der Waals surface area contributed by atoms with E-state index in [2.05, 4.69) is 10.1 Å². The van der Waals surface area contributed by atoms with Gasteiger partial charge in [-0.15, -0.1) is 0 Å². The van der Waals surface area contributed by atoms with E-state index in [0.717, 1.165) is 4.90 Å². The molecule has 0 aliphatic heterocycles. The molecule has 0 aliphatic carbocycles. The van der Waals surface area contributed by atoms with E-state index >= 15 is 0 Å². The van der Waals surface area contributed by atoms with Crippen LogP contribution in [0.15, 0.2) is 12.1 Å². The Bertz CT molecular complexity index is 674. The molecule has 0 aliphatic rings. The number of anilines is 1. The highest BCUT2D eigenvalue weighted by atomic mass is 19.4. The van der Waals surface area contributed by atoms with Crippen LogP contribution in [0.3, 0.4) is 0 Å². The van der Waals surface area contributed by atoms with Gasteiger partial charge in [0.05, 0.1) is 5.69 Å². The summed E-state index contributed by atoms with van der Waals surface area (Å²) in [4.78, 5) is 23.9. The van der Waals surface area contributed by atoms with Gasteiger partial charge in [0.15, 0.2) is 0 Å². The third kappa shape index (κ3) is 4.15. The fourth-order valence-electron chi connectivity index (χ4n) is 1.99. The molecule has 0 radical (unpaired) electrons. The minimum absolute atomic E-state index is 0.0639. The lowest BCUT2D eigenvalue weighted by Gasteiger charge is -2.25. The van der Waals surface area contributed by atoms with Gasteiger partial charge >= 0.3 is 18.2 Å². The highest BCUT2D eigenvalue weighted by Gasteiger charge is 2.41. The summed E-state index contributed by atoms with van der Waals surface area (Å²) in [5, 5.41) is 10.0. The number of nitrogens with zero attached hydrogens (tertiary/aromatic N) is 1. The Morgan fingerprint density at radius 2 is 1.92 bits per heavy atom. The molecule has 4 N–H and O–H groups in total. The standard InChI is InChI=1S/C14H17F3N4O3/c1-4-20-13(23)21(12(18)19)10-7(2)5-6-9(8(10)3)24-11(22)14(15,16)17/h5-6H,4H2,1-3H3,(H3,18,19)(H,20,23). The number of carbonyl (C=O) groups excluding carboxylic acids is 2. The van der Waals surface area contributed by atoms with Gasteiger partial charge in [-0.1, -0.05) is 6.07 Å². The van der Waals surface area contributed by atoms with E-state index in [-0.39, 0.29) is 23.5 Å². The summed E-state index contributed by atoms with van der Waals surface area (Å²) < 4.78 is 41.4. The van der Waals surface area contributed by atoms with Crippen molar-refractivity contribution in [2.45, 2.75) is 26.9 Å². The van der Waals surface area contributed by atoms with E-state index in [1.165, 1.54) is 19.1 Å². The van der Waals surface area contributed by atoms with Gasteiger partial charge in [0.2, 0.25) is 5.96 Å². The number of halogens is 3. The number of alkyl halides is 3. The quantitative estimate of drug-likeness (QED) is 0.337. The largest absolute Gasteiger partial charge is 0.491 e. The topological polar surface area (TPSA) is 109 Å². The van der Waals surface area contributed by atoms with E-state index in [9.17, 15) is 22.8 Å². The first-order valence-corrected chi connectivity index (χ1v) is 6.81. The molecule has 0 heterocycles. The number of benzene rings is 1. The van der Waals surface area contributed by atoms with Gasteiger partial charge < -0.3 is 15.8 Å². The molecular weight excluding hydrogens is 329 g/mol. The van der Waals surface area contributed by atoms with Crippen LogP contribution in [-0.2, 0) is 4.79 Å². The maximum Gasteiger partial charge on any atom is 0.491 e. The fourth-order valence-corrected chi connectivity index (χ4v) is 1.99. The second-order valence-corrected chi connectivity index (χ2v) is 4.80. The number of guanidine groups is 1. The zero-order chi connectivity index (χ0) is 18.7. The lowest BCUT2D eigenvalue weighted by Crippen LogP contribution is -2.47. The molecule has 1 aromatic carbocycles. The molecule has 1 aromatic rings. The average Bonchev–Trinajstić information content (AvgIpc) is 2.44. The molecule has 0 saturated heterocycles. The molecular formula is C14H17F3N4O3. The normalized spacial score (nSPS) is 10.9. The van der Waals surface area contributed by atoms with Gasteiger partial charge in [0, 0.05) is 12.1 Å². The van der Waals surface area contributed by atoms with Gasteiger partial charge in [-0.25, -0.2) is 14.5 Å². The van der Waals surface area contributed by atoms with Crippen LogP contribution in [0, 0.1) is 19.3 Å². The van der Waals surface area contributed by atoms with Gasteiger partial charge in [0.25, 0.3) is 0 Å². The first-order chi connectivity index (χ1) is 11.0. The minimum Gasteiger partial charge on any atom is -0.420 e. The third-order valence-corrected chi connectivity index (χ3v) is 3.01. The SMILES string of the molecule is CCNC(=O)N(C(=N)N)c1c(C)ccc(OC(=O)C(F)(F)F)c1C. The van der Waals surface area contributed by atoms with Gasteiger partial charge in [-0.05, 0) is 32.4 Å². The van der Waals surface area contributed by atoms with Crippen LogP contribution >= 0.6 is 0 Å². The number of amides is 2. The number of carbonyl (C=O) groups is 2. The Kier molecular flexibility index (Phi) is 5.78. The number of hydrogen-bond donors (Lipinski definition) is 3. The van der Waals surface area contributed by atoms with Crippen molar-refractivity contribution in [2.24, 2.45) is 5.73 Å². The van der Waals surface area contributed by atoms with E-state index in [1.54, 1.807) is 13.8 Å². The Hall–Kier alpha value is -2.78. The van der Waals surface area contributed by atoms with Crippen LogP contribution in [-0.4, -0.2) is 30.7 Å². The number of nitrogens with one attached hydrogen (secondary N) is 2. The number of urea groups is 1. The summed E-state index contributed by atoms with van der Waals surface area (Å²) in [5.74, 6) is -3.40. The lowest BCUT2D eigenvalue weighted by atomic mass is 10.1. The maximum absolute atomic E-state index is 12.4. The average molecular weight is 346 g/mol. The van der Waals surface area contributed by atoms with Crippen LogP contribution in [0.5, 0.6) is 5.75 Å². The van der Waals surface area contributed by atoms with Crippen LogP contribution in [0.1, 0.15) is 18.1 Å². The van der Waals surface area contributed by atoms with Crippen molar-refractivity contribution in [3.8, 4) is 5.75 Å². The molecule has 1 rings (SSSR count). The molecule has 10 heteroatoms. The monoisotopic (exact) mass is 346 g/mol. The number of hydrogen-bond acceptors (Lipinski definition) is 4. The molecule has 132 valence electrons. The number of esters is 1. The molecule has 0 fully saturated rings. The maximum atomic E-state index is 12.4. The third-order valence-electron chi connectivity index (χ3n) is 3.01. The second-order valence-electron chi connectivity index (χ2n) is 4.80. The number of ether oxygens (including phenoxy) is 1. The predicted molar refractivity (Wildman–Crippen MR) is 81.1 cm³/mol. The summed E-state index contributed by atoms with van der Waals surface area (Å²) in [6.45, 7) is 4.84. The van der Waals surface area contributed by atoms with Crippen molar-refractivity contribution in [3.05, 3.63) is 23.3 Å². The fraction of sp³-hybridized carbons (Fsp3) is 0.357. The molecule has 0 bridgehead atoms. The van der Waals surface area contributed by atoms with Crippen molar-refractivity contribution in [2.75, 3.05) is 11.4 Å². The van der Waals surface area contributed by atoms with Crippen LogP contribution < -0.4 is 20.7 Å². The Morgan fingerprint density at radius 1 is 1.33 bits per heavy atom. The van der Waals surface area contributed by atoms with Crippen molar-refractivity contribution in [3.63, 3.8) is 0 Å². The molecule has 24 heavy (non-hydrogen) atoms. The van der Waals surface area contributed by atoms with Crippen LogP contribution in [0.2, 0.25) is 0 Å². The van der Waals surface area contributed by atoms with Crippen molar-refractivity contribution in [1.82, 2.24) is 5.32 Å². The number of rotatable bonds is 3. The summed E-state index contributed by atoms with van der Waals surface area (Å²) in [6.07, 6.45) is -5.16. The zero-order valence-corrected chi connectivity index (χ0v) is 13.2. The molecule has 0 aromatic heterocycles. The summed E-state index contributed by atoms with van der Waals surface area (Å²) in [7, 11) is 0. The Morgan fingerprint density at radius 3 is 2.38 bits per heavy atom. The summed E-state index contributed by atoms with van der Waals surface area (Å²) in [5.41, 5.74) is 6.01. The van der Waals surface area contributed by atoms with E-state index < -0.39 is 24.1 Å². The van der Waals surface area contributed by atoms with Crippen LogP contribution in [0.25, 0.3) is 0 Å². The first-order valence-electron chi connectivity index (χ1n) is 6.81. The molecule has 0 spiro atoms. The first kappa shape index (κ1) is 19.3. The van der Waals surface area contributed by atoms with Crippen molar-refractivity contribution >= 4 is 23.6 Å². The molecule has 0 atom stereocenters. The number of aryl methyl sites for hydroxylation is 1. The molecule has 7 nitrogen and oxygen atoms in total. The zero-order valence-electron chi connectivity index (χ0n) is 13.2. The lowest BCUT2D eigenvalue weighted by molar-refractivity contribution is -0.189. The van der Waals surface area contributed by atoms with E-state index in [0.29, 0.717) is 5.56 Å². The van der Waals surface area contributed by atoms with Gasteiger partial charge in [-0.2, -0.15) is 13.2 Å². The molecule has 0 unspecified atom stereocenters. The Balaban J connectivity index is 3.38.